The minimum Gasteiger partial charge on any atom is -0.373 e. The Morgan fingerprint density at radius 3 is 1.97 bits per heavy atom. The predicted molar refractivity (Wildman–Crippen MR) is 144 cm³/mol. The number of benzene rings is 3. The van der Waals surface area contributed by atoms with E-state index in [4.69, 9.17) is 5.14 Å². The minimum absolute atomic E-state index is 0.101. The van der Waals surface area contributed by atoms with Gasteiger partial charge in [0.15, 0.2) is 0 Å². The number of primary sulfonamides is 1. The van der Waals surface area contributed by atoms with Crippen molar-refractivity contribution in [3.63, 3.8) is 0 Å². The van der Waals surface area contributed by atoms with E-state index in [0.717, 1.165) is 49.4 Å². The molecule has 1 saturated heterocycles. The predicted octanol–water partition coefficient (Wildman–Crippen LogP) is 4.85. The number of anilines is 2. The summed E-state index contributed by atoms with van der Waals surface area (Å²) >= 11 is 0. The number of nitrogens with two attached hydrogens (primary N) is 1. The van der Waals surface area contributed by atoms with Crippen LogP contribution in [0.1, 0.15) is 44.4 Å². The van der Waals surface area contributed by atoms with Gasteiger partial charge >= 0.3 is 0 Å². The molecule has 6 nitrogen and oxygen atoms in total. The van der Waals surface area contributed by atoms with Crippen LogP contribution in [0.5, 0.6) is 0 Å². The maximum atomic E-state index is 12.5. The minimum atomic E-state index is -3.92. The van der Waals surface area contributed by atoms with Crippen molar-refractivity contribution in [2.45, 2.75) is 43.7 Å². The fraction of sp³-hybridized carbons (Fsp3) is 0.357. The molecule has 1 heterocycles. The Morgan fingerprint density at radius 1 is 0.829 bits per heavy atom. The van der Waals surface area contributed by atoms with Crippen LogP contribution in [0.2, 0.25) is 0 Å². The Bertz CT molecular complexity index is 1190. The van der Waals surface area contributed by atoms with Gasteiger partial charge in [0.25, 0.3) is 0 Å². The fourth-order valence-corrected chi connectivity index (χ4v) is 5.41. The number of nitrogens with one attached hydrogen (secondary N) is 1. The molecule has 1 aliphatic heterocycles. The SMILES string of the molecule is CC(C)(C)N1CCCN(c2ccc(S(N)(=O)=O)c(NC(c3ccccc3)c3ccccc3)c2)CC1. The van der Waals surface area contributed by atoms with E-state index < -0.39 is 10.0 Å². The first-order valence-corrected chi connectivity index (χ1v) is 13.7. The second-order valence-corrected chi connectivity index (χ2v) is 11.7. The van der Waals surface area contributed by atoms with Crippen LogP contribution < -0.4 is 15.4 Å². The molecule has 0 saturated carbocycles. The molecule has 1 aliphatic rings. The van der Waals surface area contributed by atoms with E-state index in [1.165, 1.54) is 0 Å². The number of rotatable bonds is 6. The lowest BCUT2D eigenvalue weighted by atomic mass is 9.98. The van der Waals surface area contributed by atoms with Crippen molar-refractivity contribution in [1.82, 2.24) is 4.90 Å². The lowest BCUT2D eigenvalue weighted by Gasteiger charge is -2.34. The zero-order chi connectivity index (χ0) is 25.1. The van der Waals surface area contributed by atoms with Crippen molar-refractivity contribution in [2.75, 3.05) is 36.4 Å². The average molecular weight is 493 g/mol. The number of nitrogens with zero attached hydrogens (tertiary/aromatic N) is 2. The van der Waals surface area contributed by atoms with Gasteiger partial charge in [-0.2, -0.15) is 0 Å². The van der Waals surface area contributed by atoms with E-state index in [0.29, 0.717) is 5.69 Å². The van der Waals surface area contributed by atoms with Gasteiger partial charge in [0.2, 0.25) is 10.0 Å². The monoisotopic (exact) mass is 492 g/mol. The largest absolute Gasteiger partial charge is 0.373 e. The first-order chi connectivity index (χ1) is 16.6. The Morgan fingerprint density at radius 2 is 1.43 bits per heavy atom. The summed E-state index contributed by atoms with van der Waals surface area (Å²) < 4.78 is 25.0. The van der Waals surface area contributed by atoms with Gasteiger partial charge in [0, 0.05) is 37.4 Å². The summed E-state index contributed by atoms with van der Waals surface area (Å²) in [5.74, 6) is 0. The summed E-state index contributed by atoms with van der Waals surface area (Å²) in [5.41, 5.74) is 3.72. The maximum absolute atomic E-state index is 12.5. The second kappa shape index (κ2) is 10.4. The number of hydrogen-bond donors (Lipinski definition) is 2. The van der Waals surface area contributed by atoms with Crippen LogP contribution in [0.3, 0.4) is 0 Å². The third-order valence-electron chi connectivity index (χ3n) is 6.65. The molecular weight excluding hydrogens is 456 g/mol. The van der Waals surface area contributed by atoms with Gasteiger partial charge in [0.1, 0.15) is 4.90 Å². The zero-order valence-electron chi connectivity index (χ0n) is 20.8. The van der Waals surface area contributed by atoms with Crippen LogP contribution in [0.15, 0.2) is 83.8 Å². The molecule has 3 aromatic rings. The van der Waals surface area contributed by atoms with E-state index >= 15 is 0 Å². The molecule has 7 heteroatoms. The normalized spacial score (nSPS) is 15.7. The highest BCUT2D eigenvalue weighted by Gasteiger charge is 2.25. The van der Waals surface area contributed by atoms with Gasteiger partial charge in [-0.25, -0.2) is 13.6 Å². The molecular formula is C28H36N4O2S. The van der Waals surface area contributed by atoms with Gasteiger partial charge in [0.05, 0.1) is 11.7 Å². The molecule has 0 bridgehead atoms. The average Bonchev–Trinajstić information content (AvgIpc) is 3.10. The molecule has 0 unspecified atom stereocenters. The Labute approximate surface area is 209 Å². The van der Waals surface area contributed by atoms with Gasteiger partial charge in [-0.15, -0.1) is 0 Å². The van der Waals surface area contributed by atoms with Gasteiger partial charge in [-0.1, -0.05) is 60.7 Å². The second-order valence-electron chi connectivity index (χ2n) is 10.1. The maximum Gasteiger partial charge on any atom is 0.240 e. The third kappa shape index (κ3) is 6.23. The fourth-order valence-electron chi connectivity index (χ4n) is 4.73. The van der Waals surface area contributed by atoms with Crippen LogP contribution in [-0.4, -0.2) is 45.0 Å². The van der Waals surface area contributed by atoms with E-state index in [1.807, 2.05) is 72.8 Å². The standard InChI is InChI=1S/C28H36N4O2S/c1-28(2,3)32-18-10-17-31(19-20-32)24-15-16-26(35(29,33)34)25(21-24)30-27(22-11-6-4-7-12-22)23-13-8-5-9-14-23/h4-9,11-16,21,27,30H,10,17-20H2,1-3H3,(H2,29,33,34). The third-order valence-corrected chi connectivity index (χ3v) is 7.61. The van der Waals surface area contributed by atoms with Crippen molar-refractivity contribution in [3.8, 4) is 0 Å². The quantitative estimate of drug-likeness (QED) is 0.515. The molecule has 3 N–H and O–H groups in total. The molecule has 0 radical (unpaired) electrons. The first-order valence-electron chi connectivity index (χ1n) is 12.2. The highest BCUT2D eigenvalue weighted by molar-refractivity contribution is 7.89. The summed E-state index contributed by atoms with van der Waals surface area (Å²) in [4.78, 5) is 4.94. The first kappa shape index (κ1) is 25.2. The number of hydrogen-bond acceptors (Lipinski definition) is 5. The summed E-state index contributed by atoms with van der Waals surface area (Å²) in [6.07, 6.45) is 1.05. The van der Waals surface area contributed by atoms with E-state index in [2.05, 4.69) is 35.9 Å². The molecule has 0 aliphatic carbocycles. The molecule has 35 heavy (non-hydrogen) atoms. The van der Waals surface area contributed by atoms with E-state index in [-0.39, 0.29) is 16.5 Å². The topological polar surface area (TPSA) is 78.7 Å². The van der Waals surface area contributed by atoms with Crippen molar-refractivity contribution in [2.24, 2.45) is 5.14 Å². The molecule has 0 amide bonds. The van der Waals surface area contributed by atoms with Crippen LogP contribution in [0.4, 0.5) is 11.4 Å². The van der Waals surface area contributed by atoms with Crippen molar-refractivity contribution >= 4 is 21.4 Å². The van der Waals surface area contributed by atoms with Crippen LogP contribution >= 0.6 is 0 Å². The van der Waals surface area contributed by atoms with Gasteiger partial charge in [-0.05, 0) is 56.5 Å². The Hall–Kier alpha value is -2.87. The van der Waals surface area contributed by atoms with Crippen molar-refractivity contribution in [3.05, 3.63) is 90.0 Å². The zero-order valence-corrected chi connectivity index (χ0v) is 21.6. The van der Waals surface area contributed by atoms with Crippen LogP contribution in [0.25, 0.3) is 0 Å². The summed E-state index contributed by atoms with van der Waals surface area (Å²) in [5, 5.41) is 9.16. The smallest absolute Gasteiger partial charge is 0.240 e. The van der Waals surface area contributed by atoms with Crippen molar-refractivity contribution < 1.29 is 8.42 Å². The van der Waals surface area contributed by atoms with E-state index in [9.17, 15) is 8.42 Å². The lowest BCUT2D eigenvalue weighted by Crippen LogP contribution is -2.43. The number of sulfonamides is 1. The molecule has 4 rings (SSSR count). The highest BCUT2D eigenvalue weighted by atomic mass is 32.2. The molecule has 0 spiro atoms. The summed E-state index contributed by atoms with van der Waals surface area (Å²) in [7, 11) is -3.92. The van der Waals surface area contributed by atoms with Gasteiger partial charge in [-0.3, -0.25) is 4.90 Å². The van der Waals surface area contributed by atoms with Crippen molar-refractivity contribution in [1.29, 1.82) is 0 Å². The van der Waals surface area contributed by atoms with Crippen LogP contribution in [0, 0.1) is 0 Å². The van der Waals surface area contributed by atoms with Gasteiger partial charge < -0.3 is 10.2 Å². The summed E-state index contributed by atoms with van der Waals surface area (Å²) in [6, 6.07) is 25.3. The summed E-state index contributed by atoms with van der Waals surface area (Å²) in [6.45, 7) is 10.6. The molecule has 0 atom stereocenters. The Kier molecular flexibility index (Phi) is 7.50. The Balaban J connectivity index is 1.71. The molecule has 0 aromatic heterocycles. The highest BCUT2D eigenvalue weighted by Crippen LogP contribution is 2.33. The van der Waals surface area contributed by atoms with Crippen LogP contribution in [-0.2, 0) is 10.0 Å². The lowest BCUT2D eigenvalue weighted by molar-refractivity contribution is 0.148. The molecule has 3 aromatic carbocycles. The molecule has 1 fully saturated rings. The van der Waals surface area contributed by atoms with E-state index in [1.54, 1.807) is 6.07 Å². The molecule has 186 valence electrons.